The Morgan fingerprint density at radius 2 is 1.43 bits per heavy atom. The van der Waals surface area contributed by atoms with Crippen LogP contribution < -0.4 is 4.74 Å². The first-order chi connectivity index (χ1) is 13.6. The molecule has 0 N–H and O–H groups in total. The van der Waals surface area contributed by atoms with Crippen molar-refractivity contribution < 1.29 is 14.3 Å². The van der Waals surface area contributed by atoms with E-state index in [1.54, 1.807) is 42.5 Å². The van der Waals surface area contributed by atoms with E-state index in [2.05, 4.69) is 0 Å². The normalized spacial score (nSPS) is 11.0. The zero-order valence-corrected chi connectivity index (χ0v) is 15.7. The number of carbonyl (C=O) groups excluding carboxylic acids is 2. The second kappa shape index (κ2) is 9.49. The molecule has 0 bridgehead atoms. The maximum absolute atomic E-state index is 12.3. The summed E-state index contributed by atoms with van der Waals surface area (Å²) >= 11 is 6.07. The Kier molecular flexibility index (Phi) is 6.55. The number of esters is 1. The molecule has 0 heterocycles. The average Bonchev–Trinajstić information content (AvgIpc) is 2.73. The summed E-state index contributed by atoms with van der Waals surface area (Å²) in [6.07, 6.45) is 6.18. The molecule has 0 unspecified atom stereocenters. The van der Waals surface area contributed by atoms with Crippen molar-refractivity contribution in [2.75, 3.05) is 0 Å². The summed E-state index contributed by atoms with van der Waals surface area (Å²) in [5.74, 6) is -0.280. The van der Waals surface area contributed by atoms with Crippen molar-refractivity contribution >= 4 is 35.5 Å². The van der Waals surface area contributed by atoms with Gasteiger partial charge in [-0.2, -0.15) is 0 Å². The highest BCUT2D eigenvalue weighted by molar-refractivity contribution is 6.32. The van der Waals surface area contributed by atoms with Crippen molar-refractivity contribution in [1.29, 1.82) is 0 Å². The lowest BCUT2D eigenvalue weighted by Gasteiger charge is -2.02. The Bertz CT molecular complexity index is 1020. The van der Waals surface area contributed by atoms with E-state index < -0.39 is 5.97 Å². The fourth-order valence-corrected chi connectivity index (χ4v) is 2.64. The second-order valence-corrected chi connectivity index (χ2v) is 6.32. The number of hydrogen-bond acceptors (Lipinski definition) is 3. The summed E-state index contributed by atoms with van der Waals surface area (Å²) in [6, 6.07) is 23.1. The van der Waals surface area contributed by atoms with Crippen molar-refractivity contribution in [2.24, 2.45) is 0 Å². The van der Waals surface area contributed by atoms with Gasteiger partial charge in [-0.3, -0.25) is 4.79 Å². The third-order valence-electron chi connectivity index (χ3n) is 3.89. The van der Waals surface area contributed by atoms with Gasteiger partial charge >= 0.3 is 5.97 Å². The minimum absolute atomic E-state index is 0.165. The molecule has 0 aliphatic carbocycles. The molecule has 0 aromatic heterocycles. The molecule has 3 aromatic carbocycles. The minimum Gasteiger partial charge on any atom is -0.423 e. The molecule has 0 spiro atoms. The Morgan fingerprint density at radius 3 is 2.14 bits per heavy atom. The highest BCUT2D eigenvalue weighted by Gasteiger charge is 2.05. The van der Waals surface area contributed by atoms with Gasteiger partial charge in [0.1, 0.15) is 5.75 Å². The first kappa shape index (κ1) is 19.3. The summed E-state index contributed by atoms with van der Waals surface area (Å²) in [5.41, 5.74) is 2.17. The molecule has 28 heavy (non-hydrogen) atoms. The van der Waals surface area contributed by atoms with E-state index in [-0.39, 0.29) is 5.78 Å². The number of benzene rings is 3. The Balaban J connectivity index is 1.60. The molecule has 0 amide bonds. The molecule has 3 nitrogen and oxygen atoms in total. The van der Waals surface area contributed by atoms with Gasteiger partial charge in [-0.25, -0.2) is 4.79 Å². The van der Waals surface area contributed by atoms with Crippen LogP contribution in [0.5, 0.6) is 5.75 Å². The lowest BCUT2D eigenvalue weighted by Crippen LogP contribution is -2.04. The van der Waals surface area contributed by atoms with Crippen LogP contribution >= 0.6 is 11.6 Å². The van der Waals surface area contributed by atoms with Crippen LogP contribution in [-0.2, 0) is 4.79 Å². The van der Waals surface area contributed by atoms with Gasteiger partial charge in [0.2, 0.25) is 0 Å². The first-order valence-electron chi connectivity index (χ1n) is 8.64. The van der Waals surface area contributed by atoms with E-state index in [1.165, 1.54) is 12.2 Å². The van der Waals surface area contributed by atoms with Crippen LogP contribution in [0, 0.1) is 0 Å². The van der Waals surface area contributed by atoms with Crippen molar-refractivity contribution in [3.05, 3.63) is 113 Å². The zero-order valence-electron chi connectivity index (χ0n) is 14.9. The van der Waals surface area contributed by atoms with Gasteiger partial charge in [0, 0.05) is 16.7 Å². The highest BCUT2D eigenvalue weighted by atomic mass is 35.5. The van der Waals surface area contributed by atoms with Crippen LogP contribution in [-0.4, -0.2) is 11.8 Å². The Morgan fingerprint density at radius 1 is 0.750 bits per heavy atom. The van der Waals surface area contributed by atoms with E-state index in [0.717, 1.165) is 11.1 Å². The van der Waals surface area contributed by atoms with E-state index in [9.17, 15) is 9.59 Å². The predicted molar refractivity (Wildman–Crippen MR) is 112 cm³/mol. The lowest BCUT2D eigenvalue weighted by atomic mass is 10.1. The summed E-state index contributed by atoms with van der Waals surface area (Å²) < 4.78 is 5.24. The lowest BCUT2D eigenvalue weighted by molar-refractivity contribution is -0.128. The number of carbonyl (C=O) groups is 2. The molecule has 0 aliphatic heterocycles. The van der Waals surface area contributed by atoms with Gasteiger partial charge in [-0.15, -0.1) is 0 Å². The molecule has 0 fully saturated rings. The topological polar surface area (TPSA) is 43.4 Å². The van der Waals surface area contributed by atoms with Gasteiger partial charge < -0.3 is 4.74 Å². The molecule has 4 heteroatoms. The third-order valence-corrected chi connectivity index (χ3v) is 4.23. The van der Waals surface area contributed by atoms with Gasteiger partial charge in [0.05, 0.1) is 0 Å². The average molecular weight is 389 g/mol. The predicted octanol–water partition coefficient (Wildman–Crippen LogP) is 5.85. The summed E-state index contributed by atoms with van der Waals surface area (Å²) in [7, 11) is 0. The molecule has 0 radical (unpaired) electrons. The van der Waals surface area contributed by atoms with Crippen molar-refractivity contribution in [1.82, 2.24) is 0 Å². The Hall–Kier alpha value is -3.43. The molecule has 0 atom stereocenters. The Labute approximate surface area is 168 Å². The summed E-state index contributed by atoms with van der Waals surface area (Å²) in [5, 5.41) is 0.581. The first-order valence-corrected chi connectivity index (χ1v) is 9.01. The van der Waals surface area contributed by atoms with Gasteiger partial charge in [-0.1, -0.05) is 60.1 Å². The van der Waals surface area contributed by atoms with Gasteiger partial charge in [0.15, 0.2) is 5.78 Å². The number of rotatable bonds is 6. The zero-order chi connectivity index (χ0) is 19.8. The van der Waals surface area contributed by atoms with E-state index in [0.29, 0.717) is 16.3 Å². The second-order valence-electron chi connectivity index (χ2n) is 5.91. The molecular formula is C24H17ClO3. The molecule has 0 aliphatic rings. The largest absolute Gasteiger partial charge is 0.423 e. The highest BCUT2D eigenvalue weighted by Crippen LogP contribution is 2.18. The van der Waals surface area contributed by atoms with Gasteiger partial charge in [0.25, 0.3) is 0 Å². The van der Waals surface area contributed by atoms with Crippen LogP contribution in [0.2, 0.25) is 5.02 Å². The number of ketones is 1. The standard InChI is InChI=1S/C24H17ClO3/c25-22-9-5-4-8-19(22)13-16-23(26)20-11-14-21(15-12-20)28-24(27)17-10-18-6-2-1-3-7-18/h1-17H. The van der Waals surface area contributed by atoms with Crippen molar-refractivity contribution in [2.45, 2.75) is 0 Å². The number of ether oxygens (including phenoxy) is 1. The maximum atomic E-state index is 12.3. The molecule has 0 saturated heterocycles. The molecule has 138 valence electrons. The minimum atomic E-state index is -0.485. The van der Waals surface area contributed by atoms with Crippen LogP contribution in [0.3, 0.4) is 0 Å². The fourth-order valence-electron chi connectivity index (χ4n) is 2.44. The van der Waals surface area contributed by atoms with Crippen molar-refractivity contribution in [3.8, 4) is 5.75 Å². The van der Waals surface area contributed by atoms with E-state index in [1.807, 2.05) is 48.5 Å². The monoisotopic (exact) mass is 388 g/mol. The van der Waals surface area contributed by atoms with Crippen LogP contribution in [0.4, 0.5) is 0 Å². The molecular weight excluding hydrogens is 372 g/mol. The fraction of sp³-hybridized carbons (Fsp3) is 0. The SMILES string of the molecule is O=C(C=Cc1ccccc1)Oc1ccc(C(=O)C=Cc2ccccc2Cl)cc1. The third kappa shape index (κ3) is 5.53. The summed E-state index contributed by atoms with van der Waals surface area (Å²) in [4.78, 5) is 24.2. The van der Waals surface area contributed by atoms with Crippen molar-refractivity contribution in [3.63, 3.8) is 0 Å². The van der Waals surface area contributed by atoms with Crippen LogP contribution in [0.25, 0.3) is 12.2 Å². The number of hydrogen-bond donors (Lipinski definition) is 0. The van der Waals surface area contributed by atoms with Gasteiger partial charge in [-0.05, 0) is 59.7 Å². The van der Waals surface area contributed by atoms with E-state index in [4.69, 9.17) is 16.3 Å². The quantitative estimate of drug-likeness (QED) is 0.230. The molecule has 0 saturated carbocycles. The molecule has 3 aromatic rings. The van der Waals surface area contributed by atoms with Crippen LogP contribution in [0.1, 0.15) is 21.5 Å². The maximum Gasteiger partial charge on any atom is 0.336 e. The van der Waals surface area contributed by atoms with E-state index >= 15 is 0 Å². The number of halogens is 1. The van der Waals surface area contributed by atoms with Crippen LogP contribution in [0.15, 0.2) is 91.0 Å². The smallest absolute Gasteiger partial charge is 0.336 e. The summed E-state index contributed by atoms with van der Waals surface area (Å²) in [6.45, 7) is 0. The number of allylic oxidation sites excluding steroid dienone is 1. The molecule has 3 rings (SSSR count).